The maximum absolute atomic E-state index is 11.5. The monoisotopic (exact) mass is 382 g/mol. The van der Waals surface area contributed by atoms with Gasteiger partial charge in [0.1, 0.15) is 22.0 Å². The molecule has 4 N–H and O–H groups in total. The summed E-state index contributed by atoms with van der Waals surface area (Å²) in [6.45, 7) is 0. The van der Waals surface area contributed by atoms with Crippen LogP contribution in [-0.4, -0.2) is 34.7 Å². The highest BCUT2D eigenvalue weighted by molar-refractivity contribution is 7.86. The molecule has 2 aromatic rings. The van der Waals surface area contributed by atoms with Crippen LogP contribution in [0.4, 0.5) is 5.69 Å². The van der Waals surface area contributed by atoms with Crippen LogP contribution in [0.5, 0.6) is 5.75 Å². The second kappa shape index (κ2) is 5.70. The van der Waals surface area contributed by atoms with Crippen molar-refractivity contribution in [3.05, 3.63) is 24.3 Å². The highest BCUT2D eigenvalue weighted by atomic mass is 32.2. The molecule has 0 aromatic heterocycles. The van der Waals surface area contributed by atoms with Crippen molar-refractivity contribution in [2.45, 2.75) is 9.79 Å². The summed E-state index contributed by atoms with van der Waals surface area (Å²) in [5, 5.41) is -0.605. The molecule has 0 aliphatic heterocycles. The molecule has 10 nitrogen and oxygen atoms in total. The molecule has 0 heterocycles. The molecule has 0 saturated carbocycles. The third-order valence-corrected chi connectivity index (χ3v) is 4.88. The minimum Gasteiger partial charge on any atom is -0.740 e. The van der Waals surface area contributed by atoms with Crippen LogP contribution in [0.2, 0.25) is 0 Å². The van der Waals surface area contributed by atoms with Crippen LogP contribution in [0.15, 0.2) is 34.1 Å². The third kappa shape index (κ3) is 3.60. The van der Waals surface area contributed by atoms with Crippen molar-refractivity contribution in [2.24, 2.45) is 0 Å². The third-order valence-electron chi connectivity index (χ3n) is 2.77. The van der Waals surface area contributed by atoms with Crippen LogP contribution in [-0.2, 0) is 31.6 Å². The zero-order chi connectivity index (χ0) is 17.6. The van der Waals surface area contributed by atoms with E-state index in [1.807, 2.05) is 0 Å². The summed E-state index contributed by atoms with van der Waals surface area (Å²) in [7, 11) is -9.70. The molecule has 126 valence electrons. The van der Waals surface area contributed by atoms with Crippen LogP contribution in [0.1, 0.15) is 0 Å². The van der Waals surface area contributed by atoms with E-state index in [4.69, 9.17) is 10.3 Å². The molecule has 1 unspecified atom stereocenters. The molecule has 0 spiro atoms. The number of nitrogens with two attached hydrogens (primary N) is 1. The standard InChI is InChI=1S/C10H9NO9S3/c11-8-2-1-6-7(10(8)23(17,18)19)3-5(22(14,15)16)4-9(6)20-21(12)13/h1-4H,11H2,(H,12,13)(H,14,15,16)(H,17,18,19)/p-1. The summed E-state index contributed by atoms with van der Waals surface area (Å²) in [6, 6.07) is 3.61. The van der Waals surface area contributed by atoms with E-state index in [9.17, 15) is 30.1 Å². The fourth-order valence-electron chi connectivity index (χ4n) is 1.94. The molecule has 0 radical (unpaired) electrons. The van der Waals surface area contributed by atoms with Gasteiger partial charge >= 0.3 is 0 Å². The quantitative estimate of drug-likeness (QED) is 0.372. The predicted molar refractivity (Wildman–Crippen MR) is 77.5 cm³/mol. The Morgan fingerprint density at radius 2 is 1.65 bits per heavy atom. The van der Waals surface area contributed by atoms with Crippen molar-refractivity contribution in [3.8, 4) is 5.75 Å². The highest BCUT2D eigenvalue weighted by Crippen LogP contribution is 2.36. The van der Waals surface area contributed by atoms with Gasteiger partial charge in [0.15, 0.2) is 0 Å². The Morgan fingerprint density at radius 1 is 1.04 bits per heavy atom. The Morgan fingerprint density at radius 3 is 2.13 bits per heavy atom. The highest BCUT2D eigenvalue weighted by Gasteiger charge is 2.23. The van der Waals surface area contributed by atoms with Gasteiger partial charge in [0, 0.05) is 16.8 Å². The maximum atomic E-state index is 11.5. The summed E-state index contributed by atoms with van der Waals surface area (Å²) in [6.07, 6.45) is 0. The number of rotatable bonds is 4. The van der Waals surface area contributed by atoms with Crippen LogP contribution in [0.25, 0.3) is 10.8 Å². The topological polar surface area (TPSA) is 184 Å². The Labute approximate surface area is 132 Å². The minimum atomic E-state index is -4.88. The molecule has 0 aliphatic rings. The molecule has 13 heteroatoms. The molecule has 2 aromatic carbocycles. The normalized spacial score (nSPS) is 13.9. The van der Waals surface area contributed by atoms with E-state index in [1.165, 1.54) is 0 Å². The lowest BCUT2D eigenvalue weighted by Gasteiger charge is -2.14. The zero-order valence-corrected chi connectivity index (χ0v) is 13.3. The van der Waals surface area contributed by atoms with Crippen LogP contribution < -0.4 is 9.92 Å². The van der Waals surface area contributed by atoms with Gasteiger partial charge in [0.2, 0.25) is 0 Å². The Hall–Kier alpha value is -1.77. The van der Waals surface area contributed by atoms with Crippen molar-refractivity contribution >= 4 is 48.1 Å². The fraction of sp³-hybridized carbons (Fsp3) is 0. The van der Waals surface area contributed by atoms with Gasteiger partial charge < -0.3 is 14.5 Å². The lowest BCUT2D eigenvalue weighted by Crippen LogP contribution is -2.07. The Balaban J connectivity index is 3.05. The van der Waals surface area contributed by atoms with E-state index < -0.39 is 58.2 Å². The Kier molecular flexibility index (Phi) is 4.36. The van der Waals surface area contributed by atoms with Crippen molar-refractivity contribution < 1.29 is 38.9 Å². The average Bonchev–Trinajstić information content (AvgIpc) is 2.34. The largest absolute Gasteiger partial charge is 0.740 e. The lowest BCUT2D eigenvalue weighted by molar-refractivity contribution is 0.440. The summed E-state index contributed by atoms with van der Waals surface area (Å²) in [5.74, 6) is -0.576. The van der Waals surface area contributed by atoms with Crippen LogP contribution >= 0.6 is 0 Å². The first kappa shape index (κ1) is 17.6. The van der Waals surface area contributed by atoms with E-state index in [0.717, 1.165) is 12.1 Å². The van der Waals surface area contributed by atoms with E-state index in [2.05, 4.69) is 4.18 Å². The van der Waals surface area contributed by atoms with Crippen LogP contribution in [0.3, 0.4) is 0 Å². The second-order valence-electron chi connectivity index (χ2n) is 4.24. The number of fused-ring (bicyclic) bond motifs is 1. The molecule has 23 heavy (non-hydrogen) atoms. The predicted octanol–water partition coefficient (Wildman–Crippen LogP) is 0.0883. The van der Waals surface area contributed by atoms with Gasteiger partial charge in [0.05, 0.1) is 10.6 Å². The zero-order valence-electron chi connectivity index (χ0n) is 10.9. The number of hydrogen-bond donors (Lipinski definition) is 3. The number of anilines is 1. The van der Waals surface area contributed by atoms with E-state index in [0.29, 0.717) is 12.1 Å². The molecular formula is C10H8NO9S3-. The SMILES string of the molecule is Nc1ccc2c(OS(=O)[O-])cc(S(=O)(=O)O)cc2c1S(=O)(=O)O. The maximum Gasteiger partial charge on any atom is 0.297 e. The van der Waals surface area contributed by atoms with Crippen LogP contribution in [0, 0.1) is 0 Å². The molecule has 0 amide bonds. The Bertz CT molecular complexity index is 1030. The summed E-state index contributed by atoms with van der Waals surface area (Å²) < 4.78 is 89.6. The molecule has 0 saturated heterocycles. The van der Waals surface area contributed by atoms with E-state index in [-0.39, 0.29) is 5.39 Å². The fourth-order valence-corrected chi connectivity index (χ4v) is 3.56. The summed E-state index contributed by atoms with van der Waals surface area (Å²) in [4.78, 5) is -1.69. The number of nitrogen functional groups attached to an aromatic ring is 1. The molecule has 2 rings (SSSR count). The van der Waals surface area contributed by atoms with Gasteiger partial charge in [-0.05, 0) is 18.2 Å². The first-order chi connectivity index (χ1) is 10.4. The summed E-state index contributed by atoms with van der Waals surface area (Å²) in [5.41, 5.74) is 5.05. The van der Waals surface area contributed by atoms with Gasteiger partial charge in [0.25, 0.3) is 20.2 Å². The lowest BCUT2D eigenvalue weighted by atomic mass is 10.1. The van der Waals surface area contributed by atoms with Gasteiger partial charge in [-0.25, -0.2) is 4.21 Å². The van der Waals surface area contributed by atoms with E-state index in [1.54, 1.807) is 0 Å². The smallest absolute Gasteiger partial charge is 0.297 e. The van der Waals surface area contributed by atoms with Crippen molar-refractivity contribution in [1.29, 1.82) is 0 Å². The average molecular weight is 382 g/mol. The molecule has 0 bridgehead atoms. The van der Waals surface area contributed by atoms with Crippen molar-refractivity contribution in [1.82, 2.24) is 0 Å². The first-order valence-electron chi connectivity index (χ1n) is 5.50. The molecule has 1 atom stereocenters. The number of hydrogen-bond acceptors (Lipinski definition) is 8. The summed E-state index contributed by atoms with van der Waals surface area (Å²) >= 11 is -3.11. The van der Waals surface area contributed by atoms with Gasteiger partial charge in [-0.1, -0.05) is 0 Å². The van der Waals surface area contributed by atoms with Gasteiger partial charge in [-0.15, -0.1) is 0 Å². The van der Waals surface area contributed by atoms with Gasteiger partial charge in [-0.3, -0.25) is 9.11 Å². The van der Waals surface area contributed by atoms with Gasteiger partial charge in [-0.2, -0.15) is 16.8 Å². The minimum absolute atomic E-state index is 0.163. The van der Waals surface area contributed by atoms with Crippen molar-refractivity contribution in [2.75, 3.05) is 5.73 Å². The molecule has 0 aliphatic carbocycles. The number of benzene rings is 2. The molecular weight excluding hydrogens is 374 g/mol. The van der Waals surface area contributed by atoms with Crippen molar-refractivity contribution in [3.63, 3.8) is 0 Å². The molecule has 0 fully saturated rings. The van der Waals surface area contributed by atoms with E-state index >= 15 is 0 Å². The first-order valence-corrected chi connectivity index (χ1v) is 9.38. The second-order valence-corrected chi connectivity index (χ2v) is 7.59.